The molecule has 2 N–H and O–H groups in total. The molecule has 6 nitrogen and oxygen atoms in total. The molecule has 0 saturated heterocycles. The molecule has 1 aromatic heterocycles. The Morgan fingerprint density at radius 3 is 2.16 bits per heavy atom. The standard InChI is InChI=1S/C24H19FN2O4S/c25-19-10-12-20(13-11-19)27-32(29,30)21-14-8-18(9-15-21)24(28)26-23(22-7-4-16-31-22)17-5-2-1-3-6-17/h1-16,23,27H,(H,26,28). The number of benzene rings is 3. The van der Waals surface area contributed by atoms with Crippen LogP contribution in [-0.2, 0) is 10.0 Å². The molecule has 3 aromatic carbocycles. The van der Waals surface area contributed by atoms with E-state index in [2.05, 4.69) is 10.0 Å². The predicted molar refractivity (Wildman–Crippen MR) is 118 cm³/mol. The first-order chi connectivity index (χ1) is 15.4. The van der Waals surface area contributed by atoms with E-state index in [0.29, 0.717) is 11.3 Å². The van der Waals surface area contributed by atoms with Crippen molar-refractivity contribution in [3.05, 3.63) is 120 Å². The maximum atomic E-state index is 13.0. The Balaban J connectivity index is 1.51. The number of halogens is 1. The van der Waals surface area contributed by atoms with Crippen molar-refractivity contribution >= 4 is 21.6 Å². The van der Waals surface area contributed by atoms with Gasteiger partial charge in [-0.2, -0.15) is 0 Å². The Hall–Kier alpha value is -3.91. The lowest BCUT2D eigenvalue weighted by Gasteiger charge is -2.17. The fourth-order valence-electron chi connectivity index (χ4n) is 3.15. The Morgan fingerprint density at radius 1 is 0.844 bits per heavy atom. The quantitative estimate of drug-likeness (QED) is 0.426. The van der Waals surface area contributed by atoms with E-state index >= 15 is 0 Å². The smallest absolute Gasteiger partial charge is 0.261 e. The van der Waals surface area contributed by atoms with E-state index in [1.165, 1.54) is 42.7 Å². The SMILES string of the molecule is O=C(NC(c1ccccc1)c1ccco1)c1ccc(S(=O)(=O)Nc2ccc(F)cc2)cc1. The van der Waals surface area contributed by atoms with Gasteiger partial charge in [-0.1, -0.05) is 30.3 Å². The van der Waals surface area contributed by atoms with Crippen molar-refractivity contribution in [1.82, 2.24) is 5.32 Å². The lowest BCUT2D eigenvalue weighted by atomic mass is 10.0. The van der Waals surface area contributed by atoms with E-state index in [-0.39, 0.29) is 16.5 Å². The normalized spacial score (nSPS) is 12.2. The summed E-state index contributed by atoms with van der Waals surface area (Å²) in [5.74, 6) is -0.274. The molecule has 4 rings (SSSR count). The maximum absolute atomic E-state index is 13.0. The van der Waals surface area contributed by atoms with Crippen molar-refractivity contribution in [2.75, 3.05) is 4.72 Å². The van der Waals surface area contributed by atoms with Crippen LogP contribution in [0.5, 0.6) is 0 Å². The molecule has 0 saturated carbocycles. The van der Waals surface area contributed by atoms with Crippen LogP contribution in [0.1, 0.15) is 27.7 Å². The Labute approximate surface area is 184 Å². The van der Waals surface area contributed by atoms with Gasteiger partial charge >= 0.3 is 0 Å². The van der Waals surface area contributed by atoms with Crippen LogP contribution < -0.4 is 10.0 Å². The van der Waals surface area contributed by atoms with Gasteiger partial charge < -0.3 is 9.73 Å². The molecule has 1 heterocycles. The summed E-state index contributed by atoms with van der Waals surface area (Å²) in [7, 11) is -3.89. The molecule has 1 unspecified atom stereocenters. The number of hydrogen-bond donors (Lipinski definition) is 2. The van der Waals surface area contributed by atoms with Crippen LogP contribution in [0.25, 0.3) is 0 Å². The number of hydrogen-bond acceptors (Lipinski definition) is 4. The van der Waals surface area contributed by atoms with Crippen molar-refractivity contribution in [3.63, 3.8) is 0 Å². The number of carbonyl (C=O) groups is 1. The summed E-state index contributed by atoms with van der Waals surface area (Å²) >= 11 is 0. The summed E-state index contributed by atoms with van der Waals surface area (Å²) in [5.41, 5.74) is 1.37. The van der Waals surface area contributed by atoms with Gasteiger partial charge in [-0.15, -0.1) is 0 Å². The molecule has 0 aliphatic rings. The van der Waals surface area contributed by atoms with Crippen molar-refractivity contribution < 1.29 is 22.0 Å². The maximum Gasteiger partial charge on any atom is 0.261 e. The molecular formula is C24H19FN2O4S. The van der Waals surface area contributed by atoms with E-state index in [9.17, 15) is 17.6 Å². The number of carbonyl (C=O) groups excluding carboxylic acids is 1. The molecule has 8 heteroatoms. The van der Waals surface area contributed by atoms with Crippen LogP contribution in [0.2, 0.25) is 0 Å². The predicted octanol–water partition coefficient (Wildman–Crippen LogP) is 4.74. The number of anilines is 1. The van der Waals surface area contributed by atoms with Crippen molar-refractivity contribution in [2.45, 2.75) is 10.9 Å². The van der Waals surface area contributed by atoms with Gasteiger partial charge in [0.15, 0.2) is 0 Å². The molecule has 4 aromatic rings. The number of amides is 1. The summed E-state index contributed by atoms with van der Waals surface area (Å²) in [5, 5.41) is 2.92. The number of nitrogens with one attached hydrogen (secondary N) is 2. The van der Waals surface area contributed by atoms with Gasteiger partial charge in [0, 0.05) is 11.3 Å². The molecule has 0 aliphatic carbocycles. The van der Waals surface area contributed by atoms with Crippen LogP contribution in [0.3, 0.4) is 0 Å². The van der Waals surface area contributed by atoms with Crippen LogP contribution in [0.4, 0.5) is 10.1 Å². The van der Waals surface area contributed by atoms with Gasteiger partial charge in [0.2, 0.25) is 0 Å². The molecule has 1 atom stereocenters. The van der Waals surface area contributed by atoms with E-state index in [1.807, 2.05) is 30.3 Å². The van der Waals surface area contributed by atoms with Gasteiger partial charge in [-0.05, 0) is 66.2 Å². The third-order valence-corrected chi connectivity index (χ3v) is 6.16. The lowest BCUT2D eigenvalue weighted by molar-refractivity contribution is 0.0939. The highest BCUT2D eigenvalue weighted by atomic mass is 32.2. The topological polar surface area (TPSA) is 88.4 Å². The molecule has 0 aliphatic heterocycles. The number of sulfonamides is 1. The fourth-order valence-corrected chi connectivity index (χ4v) is 4.21. The van der Waals surface area contributed by atoms with Crippen LogP contribution in [0, 0.1) is 5.82 Å². The lowest BCUT2D eigenvalue weighted by Crippen LogP contribution is -2.29. The molecule has 162 valence electrons. The summed E-state index contributed by atoms with van der Waals surface area (Å²) in [6.07, 6.45) is 1.53. The summed E-state index contributed by atoms with van der Waals surface area (Å²) < 4.78 is 46.0. The Bertz CT molecular complexity index is 1290. The van der Waals surface area contributed by atoms with Crippen LogP contribution in [-0.4, -0.2) is 14.3 Å². The fraction of sp³-hybridized carbons (Fsp3) is 0.0417. The zero-order valence-corrected chi connectivity index (χ0v) is 17.6. The average Bonchev–Trinajstić information content (AvgIpc) is 3.34. The zero-order chi connectivity index (χ0) is 22.6. The van der Waals surface area contributed by atoms with Crippen molar-refractivity contribution in [1.29, 1.82) is 0 Å². The first-order valence-electron chi connectivity index (χ1n) is 9.70. The van der Waals surface area contributed by atoms with Crippen LogP contribution in [0.15, 0.2) is 107 Å². The van der Waals surface area contributed by atoms with Gasteiger partial charge in [0.1, 0.15) is 17.6 Å². The zero-order valence-electron chi connectivity index (χ0n) is 16.7. The highest BCUT2D eigenvalue weighted by Crippen LogP contribution is 2.23. The Kier molecular flexibility index (Phi) is 6.04. The monoisotopic (exact) mass is 450 g/mol. The molecule has 0 spiro atoms. The number of furan rings is 1. The first kappa shape index (κ1) is 21.3. The molecule has 32 heavy (non-hydrogen) atoms. The summed E-state index contributed by atoms with van der Waals surface area (Å²) in [6.45, 7) is 0. The highest BCUT2D eigenvalue weighted by molar-refractivity contribution is 7.92. The average molecular weight is 450 g/mol. The molecular weight excluding hydrogens is 431 g/mol. The first-order valence-corrected chi connectivity index (χ1v) is 11.2. The van der Waals surface area contributed by atoms with E-state index < -0.39 is 21.9 Å². The van der Waals surface area contributed by atoms with Gasteiger partial charge in [-0.25, -0.2) is 12.8 Å². The van der Waals surface area contributed by atoms with Gasteiger partial charge in [0.05, 0.1) is 11.2 Å². The Morgan fingerprint density at radius 2 is 1.53 bits per heavy atom. The number of rotatable bonds is 7. The van der Waals surface area contributed by atoms with Gasteiger partial charge in [0.25, 0.3) is 15.9 Å². The highest BCUT2D eigenvalue weighted by Gasteiger charge is 2.21. The largest absolute Gasteiger partial charge is 0.467 e. The third-order valence-electron chi connectivity index (χ3n) is 4.76. The third kappa shape index (κ3) is 4.87. The van der Waals surface area contributed by atoms with E-state index in [0.717, 1.165) is 17.7 Å². The molecule has 1 amide bonds. The molecule has 0 radical (unpaired) electrons. The van der Waals surface area contributed by atoms with Crippen LogP contribution >= 0.6 is 0 Å². The molecule has 0 fully saturated rings. The summed E-state index contributed by atoms with van der Waals surface area (Å²) in [6, 6.07) is 22.9. The molecule has 0 bridgehead atoms. The van der Waals surface area contributed by atoms with Crippen molar-refractivity contribution in [3.8, 4) is 0 Å². The van der Waals surface area contributed by atoms with E-state index in [4.69, 9.17) is 4.42 Å². The second-order valence-electron chi connectivity index (χ2n) is 6.97. The van der Waals surface area contributed by atoms with Gasteiger partial charge in [-0.3, -0.25) is 9.52 Å². The second-order valence-corrected chi connectivity index (χ2v) is 8.65. The van der Waals surface area contributed by atoms with E-state index in [1.54, 1.807) is 12.1 Å². The summed E-state index contributed by atoms with van der Waals surface area (Å²) in [4.78, 5) is 12.8. The second kappa shape index (κ2) is 9.07. The minimum Gasteiger partial charge on any atom is -0.467 e. The minimum absolute atomic E-state index is 0.0241. The minimum atomic E-state index is -3.89. The van der Waals surface area contributed by atoms with Crippen molar-refractivity contribution in [2.24, 2.45) is 0 Å².